The van der Waals surface area contributed by atoms with Crippen LogP contribution in [0.3, 0.4) is 0 Å². The SMILES string of the molecule is Cc1cccc(CC2CCNC(C(F)(F)F)C2)c1. The zero-order valence-electron chi connectivity index (χ0n) is 10.4. The van der Waals surface area contributed by atoms with E-state index in [4.69, 9.17) is 0 Å². The van der Waals surface area contributed by atoms with Gasteiger partial charge in [0, 0.05) is 0 Å². The van der Waals surface area contributed by atoms with E-state index in [1.165, 1.54) is 0 Å². The van der Waals surface area contributed by atoms with Gasteiger partial charge < -0.3 is 5.32 Å². The van der Waals surface area contributed by atoms with E-state index >= 15 is 0 Å². The first-order valence-corrected chi connectivity index (χ1v) is 6.31. The van der Waals surface area contributed by atoms with Gasteiger partial charge in [-0.2, -0.15) is 13.2 Å². The first-order valence-electron chi connectivity index (χ1n) is 6.31. The van der Waals surface area contributed by atoms with E-state index in [1.807, 2.05) is 25.1 Å². The largest absolute Gasteiger partial charge is 0.403 e. The Morgan fingerprint density at radius 3 is 2.78 bits per heavy atom. The Morgan fingerprint density at radius 2 is 2.11 bits per heavy atom. The lowest BCUT2D eigenvalue weighted by Gasteiger charge is -2.31. The second-order valence-corrected chi connectivity index (χ2v) is 5.13. The molecule has 100 valence electrons. The number of benzene rings is 1. The molecular weight excluding hydrogens is 239 g/mol. The van der Waals surface area contributed by atoms with E-state index in [-0.39, 0.29) is 12.3 Å². The monoisotopic (exact) mass is 257 g/mol. The molecule has 1 fully saturated rings. The van der Waals surface area contributed by atoms with E-state index in [1.54, 1.807) is 0 Å². The molecule has 0 aliphatic carbocycles. The van der Waals surface area contributed by atoms with Gasteiger partial charge in [0.25, 0.3) is 0 Å². The van der Waals surface area contributed by atoms with Crippen LogP contribution >= 0.6 is 0 Å². The summed E-state index contributed by atoms with van der Waals surface area (Å²) in [6.07, 6.45) is -2.36. The summed E-state index contributed by atoms with van der Waals surface area (Å²) in [5.41, 5.74) is 2.30. The normalized spacial score (nSPS) is 25.1. The molecule has 2 unspecified atom stereocenters. The number of halogens is 3. The van der Waals surface area contributed by atoms with Crippen LogP contribution in [0, 0.1) is 12.8 Å². The molecule has 2 rings (SSSR count). The van der Waals surface area contributed by atoms with Crippen LogP contribution in [0.15, 0.2) is 24.3 Å². The lowest BCUT2D eigenvalue weighted by atomic mass is 9.86. The second-order valence-electron chi connectivity index (χ2n) is 5.13. The Morgan fingerprint density at radius 1 is 1.33 bits per heavy atom. The molecule has 0 amide bonds. The third kappa shape index (κ3) is 3.48. The van der Waals surface area contributed by atoms with Crippen molar-refractivity contribution in [2.75, 3.05) is 6.54 Å². The third-order valence-corrected chi connectivity index (χ3v) is 3.51. The highest BCUT2D eigenvalue weighted by molar-refractivity contribution is 5.22. The number of aryl methyl sites for hydroxylation is 1. The van der Waals surface area contributed by atoms with E-state index in [9.17, 15) is 13.2 Å². The highest BCUT2D eigenvalue weighted by Crippen LogP contribution is 2.30. The minimum Gasteiger partial charge on any atom is -0.306 e. The molecule has 1 aliphatic heterocycles. The predicted molar refractivity (Wildman–Crippen MR) is 65.5 cm³/mol. The number of hydrogen-bond donors (Lipinski definition) is 1. The summed E-state index contributed by atoms with van der Waals surface area (Å²) < 4.78 is 38.0. The van der Waals surface area contributed by atoms with Crippen LogP contribution in [-0.4, -0.2) is 18.8 Å². The lowest BCUT2D eigenvalue weighted by molar-refractivity contribution is -0.163. The summed E-state index contributed by atoms with van der Waals surface area (Å²) in [5.74, 6) is 0.125. The summed E-state index contributed by atoms with van der Waals surface area (Å²) in [6.45, 7) is 2.46. The van der Waals surface area contributed by atoms with Crippen LogP contribution in [0.5, 0.6) is 0 Å². The van der Waals surface area contributed by atoms with Crippen molar-refractivity contribution in [3.8, 4) is 0 Å². The summed E-state index contributed by atoms with van der Waals surface area (Å²) in [6, 6.07) is 6.70. The van der Waals surface area contributed by atoms with Gasteiger partial charge in [-0.15, -0.1) is 0 Å². The summed E-state index contributed by atoms with van der Waals surface area (Å²) in [7, 11) is 0. The van der Waals surface area contributed by atoms with Crippen LogP contribution in [0.25, 0.3) is 0 Å². The maximum Gasteiger partial charge on any atom is 0.403 e. The van der Waals surface area contributed by atoms with Crippen LogP contribution in [0.1, 0.15) is 24.0 Å². The molecule has 1 aliphatic rings. The molecule has 1 heterocycles. The van der Waals surface area contributed by atoms with Crippen LogP contribution in [0.4, 0.5) is 13.2 Å². The maximum atomic E-state index is 12.7. The first kappa shape index (κ1) is 13.4. The topological polar surface area (TPSA) is 12.0 Å². The predicted octanol–water partition coefficient (Wildman–Crippen LogP) is 3.47. The van der Waals surface area contributed by atoms with E-state index in [0.717, 1.165) is 24.0 Å². The van der Waals surface area contributed by atoms with E-state index in [2.05, 4.69) is 11.4 Å². The fourth-order valence-corrected chi connectivity index (χ4v) is 2.60. The van der Waals surface area contributed by atoms with Crippen molar-refractivity contribution in [3.05, 3.63) is 35.4 Å². The number of alkyl halides is 3. The van der Waals surface area contributed by atoms with Gasteiger partial charge in [-0.1, -0.05) is 29.8 Å². The van der Waals surface area contributed by atoms with E-state index in [0.29, 0.717) is 6.54 Å². The number of rotatable bonds is 2. The molecule has 1 aromatic rings. The Bertz CT molecular complexity index is 400. The molecule has 1 saturated heterocycles. The molecule has 1 N–H and O–H groups in total. The van der Waals surface area contributed by atoms with Crippen molar-refractivity contribution in [1.82, 2.24) is 5.32 Å². The Labute approximate surface area is 105 Å². The maximum absolute atomic E-state index is 12.7. The van der Waals surface area contributed by atoms with Gasteiger partial charge in [0.15, 0.2) is 0 Å². The van der Waals surface area contributed by atoms with Crippen LogP contribution < -0.4 is 5.32 Å². The van der Waals surface area contributed by atoms with Gasteiger partial charge in [-0.05, 0) is 44.2 Å². The molecule has 18 heavy (non-hydrogen) atoms. The molecule has 1 nitrogen and oxygen atoms in total. The van der Waals surface area contributed by atoms with Gasteiger partial charge in [-0.3, -0.25) is 0 Å². The number of piperidine rings is 1. The van der Waals surface area contributed by atoms with Gasteiger partial charge in [-0.25, -0.2) is 0 Å². The molecule has 0 radical (unpaired) electrons. The molecule has 0 bridgehead atoms. The average Bonchev–Trinajstić information content (AvgIpc) is 2.28. The second kappa shape index (κ2) is 5.31. The fraction of sp³-hybridized carbons (Fsp3) is 0.571. The third-order valence-electron chi connectivity index (χ3n) is 3.51. The highest BCUT2D eigenvalue weighted by atomic mass is 19.4. The average molecular weight is 257 g/mol. The Kier molecular flexibility index (Phi) is 3.95. The Hall–Kier alpha value is -1.03. The molecule has 1 aromatic carbocycles. The molecule has 0 spiro atoms. The summed E-state index contributed by atoms with van der Waals surface area (Å²) in [5, 5.41) is 2.56. The molecule has 0 saturated carbocycles. The van der Waals surface area contributed by atoms with Gasteiger partial charge in [0.1, 0.15) is 6.04 Å². The van der Waals surface area contributed by atoms with Crippen molar-refractivity contribution in [2.24, 2.45) is 5.92 Å². The van der Waals surface area contributed by atoms with Crippen molar-refractivity contribution in [2.45, 2.75) is 38.4 Å². The number of hydrogen-bond acceptors (Lipinski definition) is 1. The van der Waals surface area contributed by atoms with Gasteiger partial charge in [0.2, 0.25) is 0 Å². The zero-order valence-corrected chi connectivity index (χ0v) is 10.4. The molecule has 0 aromatic heterocycles. The van der Waals surface area contributed by atoms with Gasteiger partial charge in [0.05, 0.1) is 0 Å². The quantitative estimate of drug-likeness (QED) is 0.855. The fourth-order valence-electron chi connectivity index (χ4n) is 2.60. The lowest BCUT2D eigenvalue weighted by Crippen LogP contribution is -2.48. The minimum absolute atomic E-state index is 0.125. The minimum atomic E-state index is -4.12. The standard InChI is InChI=1S/C14H18F3N/c1-10-3-2-4-11(7-10)8-12-5-6-18-13(9-12)14(15,16)17/h2-4,7,12-13,18H,5-6,8-9H2,1H3. The molecule has 4 heteroatoms. The Balaban J connectivity index is 1.98. The van der Waals surface area contributed by atoms with Crippen LogP contribution in [-0.2, 0) is 6.42 Å². The first-order chi connectivity index (χ1) is 8.45. The smallest absolute Gasteiger partial charge is 0.306 e. The summed E-state index contributed by atoms with van der Waals surface area (Å²) >= 11 is 0. The van der Waals surface area contributed by atoms with Crippen molar-refractivity contribution in [3.63, 3.8) is 0 Å². The van der Waals surface area contributed by atoms with Crippen molar-refractivity contribution >= 4 is 0 Å². The zero-order chi connectivity index (χ0) is 13.2. The van der Waals surface area contributed by atoms with E-state index < -0.39 is 12.2 Å². The van der Waals surface area contributed by atoms with Crippen molar-refractivity contribution in [1.29, 1.82) is 0 Å². The van der Waals surface area contributed by atoms with Crippen molar-refractivity contribution < 1.29 is 13.2 Å². The highest BCUT2D eigenvalue weighted by Gasteiger charge is 2.42. The van der Waals surface area contributed by atoms with Gasteiger partial charge >= 0.3 is 6.18 Å². The number of nitrogens with one attached hydrogen (secondary N) is 1. The summed E-state index contributed by atoms with van der Waals surface area (Å²) in [4.78, 5) is 0. The molecular formula is C14H18F3N. The van der Waals surface area contributed by atoms with Crippen LogP contribution in [0.2, 0.25) is 0 Å². The molecule has 2 atom stereocenters.